The van der Waals surface area contributed by atoms with Gasteiger partial charge < -0.3 is 15.2 Å². The molecule has 0 aliphatic carbocycles. The van der Waals surface area contributed by atoms with Gasteiger partial charge in [-0.3, -0.25) is 4.99 Å². The van der Waals surface area contributed by atoms with Gasteiger partial charge in [0.15, 0.2) is 5.96 Å². The molecule has 1 aromatic carbocycles. The van der Waals surface area contributed by atoms with Gasteiger partial charge in [-0.15, -0.1) is 0 Å². The number of halogens is 1. The molecule has 2 aromatic rings. The van der Waals surface area contributed by atoms with E-state index in [9.17, 15) is 4.39 Å². The monoisotopic (exact) mass is 304 g/mol. The summed E-state index contributed by atoms with van der Waals surface area (Å²) in [6.07, 6.45) is 1.53. The maximum absolute atomic E-state index is 13.4. The standard InChI is InChI=1S/C16H21FN4O/c1-16(2,12-5-4-6-13(17)9-12)11-20-15(18-3)19-10-14-7-8-22-21-14/h4-9H,10-11H2,1-3H3,(H2,18,19,20). The zero-order valence-electron chi connectivity index (χ0n) is 13.1. The third kappa shape index (κ3) is 4.31. The normalized spacial score (nSPS) is 12.3. The minimum absolute atomic E-state index is 0.223. The summed E-state index contributed by atoms with van der Waals surface area (Å²) in [6, 6.07) is 8.45. The van der Waals surface area contributed by atoms with Crippen LogP contribution in [0.4, 0.5) is 4.39 Å². The Hall–Kier alpha value is -2.37. The predicted octanol–water partition coefficient (Wildman–Crippen LogP) is 2.46. The van der Waals surface area contributed by atoms with Crippen LogP contribution in [0.1, 0.15) is 25.1 Å². The van der Waals surface area contributed by atoms with Gasteiger partial charge >= 0.3 is 0 Å². The molecule has 6 heteroatoms. The zero-order chi connectivity index (χ0) is 16.0. The molecule has 0 radical (unpaired) electrons. The number of hydrogen-bond donors (Lipinski definition) is 2. The Bertz CT molecular complexity index is 623. The number of aromatic nitrogens is 1. The van der Waals surface area contributed by atoms with Gasteiger partial charge in [0.05, 0.1) is 6.54 Å². The minimum atomic E-state index is -0.229. The summed E-state index contributed by atoms with van der Waals surface area (Å²) in [7, 11) is 1.70. The molecule has 0 bridgehead atoms. The summed E-state index contributed by atoms with van der Waals surface area (Å²) >= 11 is 0. The second kappa shape index (κ2) is 7.06. The summed E-state index contributed by atoms with van der Waals surface area (Å²) in [4.78, 5) is 4.16. The number of hydrogen-bond acceptors (Lipinski definition) is 3. The highest BCUT2D eigenvalue weighted by Gasteiger charge is 2.21. The summed E-state index contributed by atoms with van der Waals surface area (Å²) in [5.41, 5.74) is 1.51. The first-order valence-electron chi connectivity index (χ1n) is 7.11. The molecule has 0 fully saturated rings. The molecule has 0 aliphatic rings. The van der Waals surface area contributed by atoms with Crippen LogP contribution >= 0.6 is 0 Å². The van der Waals surface area contributed by atoms with E-state index in [0.29, 0.717) is 19.0 Å². The lowest BCUT2D eigenvalue weighted by Gasteiger charge is -2.26. The van der Waals surface area contributed by atoms with Crippen molar-refractivity contribution < 1.29 is 8.91 Å². The first-order valence-corrected chi connectivity index (χ1v) is 7.11. The highest BCUT2D eigenvalue weighted by Crippen LogP contribution is 2.22. The molecule has 1 heterocycles. The van der Waals surface area contributed by atoms with Crippen LogP contribution in [0.3, 0.4) is 0 Å². The van der Waals surface area contributed by atoms with Crippen LogP contribution in [0.5, 0.6) is 0 Å². The fourth-order valence-electron chi connectivity index (χ4n) is 2.04. The molecule has 0 unspecified atom stereocenters. The molecule has 0 amide bonds. The third-order valence-corrected chi connectivity index (χ3v) is 3.46. The number of guanidine groups is 1. The quantitative estimate of drug-likeness (QED) is 0.658. The van der Waals surface area contributed by atoms with Crippen LogP contribution in [0.2, 0.25) is 0 Å². The molecule has 2 rings (SSSR count). The molecule has 5 nitrogen and oxygen atoms in total. The Morgan fingerprint density at radius 1 is 1.32 bits per heavy atom. The van der Waals surface area contributed by atoms with Crippen molar-refractivity contribution in [2.75, 3.05) is 13.6 Å². The fourth-order valence-corrected chi connectivity index (χ4v) is 2.04. The first-order chi connectivity index (χ1) is 10.5. The van der Waals surface area contributed by atoms with Crippen LogP contribution in [0.15, 0.2) is 46.1 Å². The van der Waals surface area contributed by atoms with Crippen LogP contribution < -0.4 is 10.6 Å². The lowest BCUT2D eigenvalue weighted by molar-refractivity contribution is 0.410. The van der Waals surface area contributed by atoms with Gasteiger partial charge in [0, 0.05) is 25.1 Å². The van der Waals surface area contributed by atoms with E-state index in [-0.39, 0.29) is 11.2 Å². The summed E-state index contributed by atoms with van der Waals surface area (Å²) in [6.45, 7) is 5.25. The number of nitrogens with zero attached hydrogens (tertiary/aromatic N) is 2. The predicted molar refractivity (Wildman–Crippen MR) is 84.1 cm³/mol. The van der Waals surface area contributed by atoms with Crippen molar-refractivity contribution in [3.8, 4) is 0 Å². The Morgan fingerprint density at radius 3 is 2.77 bits per heavy atom. The van der Waals surface area contributed by atoms with Gasteiger partial charge in [-0.1, -0.05) is 31.1 Å². The van der Waals surface area contributed by atoms with E-state index >= 15 is 0 Å². The topological polar surface area (TPSA) is 62.5 Å². The summed E-state index contributed by atoms with van der Waals surface area (Å²) in [5, 5.41) is 10.2. The van der Waals surface area contributed by atoms with Crippen LogP contribution in [-0.4, -0.2) is 24.7 Å². The molecule has 0 saturated carbocycles. The Kier molecular flexibility index (Phi) is 5.14. The van der Waals surface area contributed by atoms with Gasteiger partial charge in [-0.05, 0) is 17.7 Å². The van der Waals surface area contributed by atoms with E-state index in [2.05, 4.69) is 34.6 Å². The maximum Gasteiger partial charge on any atom is 0.191 e. The van der Waals surface area contributed by atoms with Gasteiger partial charge in [0.25, 0.3) is 0 Å². The molecule has 1 aromatic heterocycles. The van der Waals surface area contributed by atoms with Crippen LogP contribution in [0, 0.1) is 5.82 Å². The van der Waals surface area contributed by atoms with Crippen LogP contribution in [0.25, 0.3) is 0 Å². The van der Waals surface area contributed by atoms with Gasteiger partial charge in [-0.25, -0.2) is 4.39 Å². The molecule has 0 atom stereocenters. The van der Waals surface area contributed by atoms with Crippen molar-refractivity contribution in [3.05, 3.63) is 53.7 Å². The fraction of sp³-hybridized carbons (Fsp3) is 0.375. The van der Waals surface area contributed by atoms with Crippen molar-refractivity contribution in [1.29, 1.82) is 0 Å². The lowest BCUT2D eigenvalue weighted by atomic mass is 9.84. The highest BCUT2D eigenvalue weighted by atomic mass is 19.1. The molecular formula is C16H21FN4O. The van der Waals surface area contributed by atoms with E-state index < -0.39 is 0 Å². The van der Waals surface area contributed by atoms with Gasteiger partial charge in [0.1, 0.15) is 17.8 Å². The van der Waals surface area contributed by atoms with Gasteiger partial charge in [-0.2, -0.15) is 0 Å². The minimum Gasteiger partial charge on any atom is -0.364 e. The third-order valence-electron chi connectivity index (χ3n) is 3.46. The Balaban J connectivity index is 1.91. The van der Waals surface area contributed by atoms with E-state index in [0.717, 1.165) is 11.3 Å². The zero-order valence-corrected chi connectivity index (χ0v) is 13.1. The number of nitrogens with one attached hydrogen (secondary N) is 2. The second-order valence-electron chi connectivity index (χ2n) is 5.66. The summed E-state index contributed by atoms with van der Waals surface area (Å²) in [5.74, 6) is 0.437. The van der Waals surface area contributed by atoms with Crippen molar-refractivity contribution in [3.63, 3.8) is 0 Å². The molecule has 0 spiro atoms. The molecule has 0 aliphatic heterocycles. The van der Waals surface area contributed by atoms with Crippen molar-refractivity contribution >= 4 is 5.96 Å². The molecule has 22 heavy (non-hydrogen) atoms. The second-order valence-corrected chi connectivity index (χ2v) is 5.66. The van der Waals surface area contributed by atoms with Crippen molar-refractivity contribution in [2.45, 2.75) is 25.8 Å². The number of benzene rings is 1. The number of aliphatic imine (C=N–C) groups is 1. The molecular weight excluding hydrogens is 283 g/mol. The van der Waals surface area contributed by atoms with E-state index in [1.54, 1.807) is 25.2 Å². The van der Waals surface area contributed by atoms with Crippen molar-refractivity contribution in [1.82, 2.24) is 15.8 Å². The van der Waals surface area contributed by atoms with Crippen molar-refractivity contribution in [2.24, 2.45) is 4.99 Å². The van der Waals surface area contributed by atoms with E-state index in [1.807, 2.05) is 6.07 Å². The molecule has 118 valence electrons. The van der Waals surface area contributed by atoms with Gasteiger partial charge in [0.2, 0.25) is 0 Å². The summed E-state index contributed by atoms with van der Waals surface area (Å²) < 4.78 is 18.1. The smallest absolute Gasteiger partial charge is 0.191 e. The van der Waals surface area contributed by atoms with E-state index in [4.69, 9.17) is 4.52 Å². The number of rotatable bonds is 5. The Labute approximate surface area is 129 Å². The van der Waals surface area contributed by atoms with Crippen LogP contribution in [-0.2, 0) is 12.0 Å². The first kappa shape index (κ1) is 16.0. The highest BCUT2D eigenvalue weighted by molar-refractivity contribution is 5.79. The largest absolute Gasteiger partial charge is 0.364 e. The molecule has 2 N–H and O–H groups in total. The van der Waals surface area contributed by atoms with E-state index in [1.165, 1.54) is 12.3 Å². The maximum atomic E-state index is 13.4. The average Bonchev–Trinajstić information content (AvgIpc) is 3.01. The SMILES string of the molecule is CN=C(NCc1ccon1)NCC(C)(C)c1cccc(F)c1. The lowest BCUT2D eigenvalue weighted by Crippen LogP contribution is -2.43. The Morgan fingerprint density at radius 2 is 2.14 bits per heavy atom. The molecule has 0 saturated heterocycles. The average molecular weight is 304 g/mol.